The third-order valence-corrected chi connectivity index (χ3v) is 8.61. The number of nitrogens with zero attached hydrogens (tertiary/aromatic N) is 2. The number of amides is 4. The van der Waals surface area contributed by atoms with Crippen molar-refractivity contribution in [1.29, 1.82) is 0 Å². The Morgan fingerprint density at radius 1 is 1.06 bits per heavy atom. The molecular formula is C26H35N3O6. The first kappa shape index (κ1) is 23.9. The third kappa shape index (κ3) is 4.24. The Bertz CT molecular complexity index is 976. The summed E-state index contributed by atoms with van der Waals surface area (Å²) in [4.78, 5) is 42.7. The zero-order valence-corrected chi connectivity index (χ0v) is 20.5. The maximum absolute atomic E-state index is 13.9. The lowest BCUT2D eigenvalue weighted by Gasteiger charge is -2.58. The van der Waals surface area contributed by atoms with Gasteiger partial charge < -0.3 is 14.4 Å². The summed E-state index contributed by atoms with van der Waals surface area (Å²) in [5, 5.41) is 8.84. The Balaban J connectivity index is 1.42. The molecule has 5 fully saturated rings. The minimum Gasteiger partial charge on any atom is -0.493 e. The molecule has 1 heterocycles. The fraction of sp³-hybridized carbons (Fsp3) is 0.654. The molecule has 5 aliphatic rings. The minimum absolute atomic E-state index is 0.0933. The second kappa shape index (κ2) is 9.33. The van der Waals surface area contributed by atoms with Crippen LogP contribution in [0.3, 0.4) is 0 Å². The lowest BCUT2D eigenvalue weighted by atomic mass is 9.52. The number of hydrogen-bond acceptors (Lipinski definition) is 6. The number of methoxy groups -OCH3 is 2. The summed E-state index contributed by atoms with van der Waals surface area (Å²) in [5.74, 6) is 2.35. The molecule has 9 heteroatoms. The van der Waals surface area contributed by atoms with Gasteiger partial charge in [-0.2, -0.15) is 0 Å². The number of hydrogen-bond donors (Lipinski definition) is 2. The van der Waals surface area contributed by atoms with Crippen molar-refractivity contribution >= 4 is 17.8 Å². The smallest absolute Gasteiger partial charge is 0.328 e. The van der Waals surface area contributed by atoms with E-state index in [2.05, 4.69) is 0 Å². The zero-order valence-electron chi connectivity index (χ0n) is 20.5. The molecule has 0 spiro atoms. The highest BCUT2D eigenvalue weighted by atomic mass is 16.5. The van der Waals surface area contributed by atoms with Gasteiger partial charge in [0.25, 0.3) is 5.91 Å². The van der Waals surface area contributed by atoms with Crippen molar-refractivity contribution in [2.75, 3.05) is 14.2 Å². The fourth-order valence-corrected chi connectivity index (χ4v) is 7.56. The average Bonchev–Trinajstić information content (AvgIpc) is 3.07. The number of hydroxylamine groups is 1. The quantitative estimate of drug-likeness (QED) is 0.315. The summed E-state index contributed by atoms with van der Waals surface area (Å²) in [5.41, 5.74) is 2.12. The Labute approximate surface area is 205 Å². The Morgan fingerprint density at radius 3 is 2.26 bits per heavy atom. The highest BCUT2D eigenvalue weighted by molar-refractivity contribution is 6.05. The minimum atomic E-state index is -0.630. The van der Waals surface area contributed by atoms with E-state index >= 15 is 0 Å². The first-order valence-corrected chi connectivity index (χ1v) is 12.7. The molecular weight excluding hydrogens is 450 g/mol. The van der Waals surface area contributed by atoms with Crippen LogP contribution in [0.5, 0.6) is 11.5 Å². The Kier molecular flexibility index (Phi) is 6.38. The van der Waals surface area contributed by atoms with Gasteiger partial charge in [-0.25, -0.2) is 10.3 Å². The Morgan fingerprint density at radius 2 is 1.69 bits per heavy atom. The Hall–Kier alpha value is -2.81. The van der Waals surface area contributed by atoms with Gasteiger partial charge in [-0.15, -0.1) is 0 Å². The largest absolute Gasteiger partial charge is 0.493 e. The maximum atomic E-state index is 13.9. The molecule has 4 bridgehead atoms. The van der Waals surface area contributed by atoms with Crippen LogP contribution >= 0.6 is 0 Å². The molecule has 1 saturated heterocycles. The number of rotatable bonds is 9. The van der Waals surface area contributed by atoms with E-state index in [9.17, 15) is 14.4 Å². The van der Waals surface area contributed by atoms with Crippen LogP contribution in [0.4, 0.5) is 4.79 Å². The van der Waals surface area contributed by atoms with E-state index in [-0.39, 0.29) is 30.4 Å². The molecule has 6 rings (SSSR count). The molecule has 0 aromatic heterocycles. The molecule has 1 unspecified atom stereocenters. The van der Waals surface area contributed by atoms with Crippen molar-refractivity contribution in [3.8, 4) is 11.5 Å². The average molecular weight is 486 g/mol. The summed E-state index contributed by atoms with van der Waals surface area (Å²) >= 11 is 0. The van der Waals surface area contributed by atoms with Gasteiger partial charge in [-0.1, -0.05) is 6.07 Å². The molecule has 190 valence electrons. The van der Waals surface area contributed by atoms with Crippen LogP contribution in [0.15, 0.2) is 18.2 Å². The van der Waals surface area contributed by atoms with E-state index in [1.54, 1.807) is 35.6 Å². The molecule has 9 nitrogen and oxygen atoms in total. The van der Waals surface area contributed by atoms with E-state index in [0.29, 0.717) is 42.1 Å². The van der Waals surface area contributed by atoms with Crippen molar-refractivity contribution in [1.82, 2.24) is 15.3 Å². The molecule has 1 aromatic rings. The predicted molar refractivity (Wildman–Crippen MR) is 126 cm³/mol. The van der Waals surface area contributed by atoms with E-state index in [0.717, 1.165) is 24.8 Å². The van der Waals surface area contributed by atoms with Gasteiger partial charge in [0.15, 0.2) is 11.5 Å². The number of benzene rings is 1. The van der Waals surface area contributed by atoms with Crippen LogP contribution in [-0.4, -0.2) is 58.7 Å². The lowest BCUT2D eigenvalue weighted by molar-refractivity contribution is -0.141. The summed E-state index contributed by atoms with van der Waals surface area (Å²) in [7, 11) is 3.14. The highest BCUT2D eigenvalue weighted by Gasteiger charge is 2.60. The molecule has 1 atom stereocenters. The van der Waals surface area contributed by atoms with Gasteiger partial charge in [-0.3, -0.25) is 19.7 Å². The number of ether oxygens (including phenoxy) is 2. The van der Waals surface area contributed by atoms with E-state index in [4.69, 9.17) is 14.7 Å². The number of imide groups is 1. The van der Waals surface area contributed by atoms with Crippen LogP contribution in [0.2, 0.25) is 0 Å². The third-order valence-electron chi connectivity index (χ3n) is 8.61. The van der Waals surface area contributed by atoms with Crippen molar-refractivity contribution < 1.29 is 29.1 Å². The van der Waals surface area contributed by atoms with Crippen molar-refractivity contribution in [3.05, 3.63) is 23.8 Å². The summed E-state index contributed by atoms with van der Waals surface area (Å²) in [6.07, 6.45) is 7.29. The van der Waals surface area contributed by atoms with Crippen LogP contribution < -0.4 is 15.0 Å². The van der Waals surface area contributed by atoms with Crippen molar-refractivity contribution in [2.45, 2.75) is 75.9 Å². The van der Waals surface area contributed by atoms with Crippen LogP contribution in [0.25, 0.3) is 0 Å². The molecule has 4 aliphatic carbocycles. The van der Waals surface area contributed by atoms with E-state index < -0.39 is 11.9 Å². The van der Waals surface area contributed by atoms with Crippen LogP contribution in [0, 0.1) is 17.8 Å². The zero-order chi connectivity index (χ0) is 24.7. The summed E-state index contributed by atoms with van der Waals surface area (Å²) in [6, 6.07) is 4.66. The molecule has 4 amide bonds. The summed E-state index contributed by atoms with van der Waals surface area (Å²) in [6.45, 7) is 0.269. The fourth-order valence-electron chi connectivity index (χ4n) is 7.56. The predicted octanol–water partition coefficient (Wildman–Crippen LogP) is 3.48. The standard InChI is InChI=1S/C26H35N3O6/c1-34-21-7-6-16(11-22(21)35-2)15-28-20(4-3-5-23(30)27-33)24(31)29(25(28)32)26-12-17-8-18(13-26)10-19(9-17)14-26/h6-7,11,17-20,33H,3-5,8-10,12-15H2,1-2H3,(H,27,30). The molecule has 1 aromatic carbocycles. The van der Waals surface area contributed by atoms with Gasteiger partial charge in [-0.05, 0) is 86.8 Å². The van der Waals surface area contributed by atoms with Gasteiger partial charge in [0, 0.05) is 13.0 Å². The normalized spacial score (nSPS) is 31.3. The molecule has 35 heavy (non-hydrogen) atoms. The molecule has 1 aliphatic heterocycles. The van der Waals surface area contributed by atoms with Crippen LogP contribution in [0.1, 0.15) is 63.4 Å². The second-order valence-electron chi connectivity index (χ2n) is 10.9. The second-order valence-corrected chi connectivity index (χ2v) is 10.9. The van der Waals surface area contributed by atoms with Gasteiger partial charge in [0.1, 0.15) is 6.04 Å². The number of nitrogens with one attached hydrogen (secondary N) is 1. The topological polar surface area (TPSA) is 108 Å². The van der Waals surface area contributed by atoms with Crippen LogP contribution in [-0.2, 0) is 16.1 Å². The first-order chi connectivity index (χ1) is 16.9. The first-order valence-electron chi connectivity index (χ1n) is 12.7. The number of carbonyl (C=O) groups excluding carboxylic acids is 3. The molecule has 2 N–H and O–H groups in total. The van der Waals surface area contributed by atoms with E-state index in [1.165, 1.54) is 19.3 Å². The monoisotopic (exact) mass is 485 g/mol. The molecule has 0 radical (unpaired) electrons. The highest BCUT2D eigenvalue weighted by Crippen LogP contribution is 2.58. The number of carbonyl (C=O) groups is 3. The van der Waals surface area contributed by atoms with Crippen molar-refractivity contribution in [2.24, 2.45) is 17.8 Å². The van der Waals surface area contributed by atoms with Gasteiger partial charge >= 0.3 is 6.03 Å². The van der Waals surface area contributed by atoms with Gasteiger partial charge in [0.05, 0.1) is 19.8 Å². The SMILES string of the molecule is COc1ccc(CN2C(=O)N(C34CC5CC(CC(C5)C3)C4)C(=O)C2CCCC(=O)NO)cc1OC. The lowest BCUT2D eigenvalue weighted by Crippen LogP contribution is -2.62. The summed E-state index contributed by atoms with van der Waals surface area (Å²) < 4.78 is 10.8. The number of urea groups is 1. The maximum Gasteiger partial charge on any atom is 0.328 e. The van der Waals surface area contributed by atoms with Crippen molar-refractivity contribution in [3.63, 3.8) is 0 Å². The van der Waals surface area contributed by atoms with E-state index in [1.807, 2.05) is 12.1 Å². The van der Waals surface area contributed by atoms with Gasteiger partial charge in [0.2, 0.25) is 5.91 Å². The molecule has 4 saturated carbocycles.